The van der Waals surface area contributed by atoms with Gasteiger partial charge in [0.25, 0.3) is 5.82 Å². The van der Waals surface area contributed by atoms with Crippen molar-refractivity contribution in [2.75, 3.05) is 7.11 Å². The lowest BCUT2D eigenvalue weighted by Crippen LogP contribution is -2.06. The Bertz CT molecular complexity index is 481. The summed E-state index contributed by atoms with van der Waals surface area (Å²) in [5.74, 6) is -0.476. The van der Waals surface area contributed by atoms with E-state index in [1.54, 1.807) is 17.1 Å². The number of aromatic nitrogens is 4. The fourth-order valence-corrected chi connectivity index (χ4v) is 1.23. The Hall–Kier alpha value is -2.24. The van der Waals surface area contributed by atoms with Gasteiger partial charge in [0.1, 0.15) is 6.33 Å². The van der Waals surface area contributed by atoms with Crippen LogP contribution in [-0.2, 0) is 11.3 Å². The second-order valence-corrected chi connectivity index (χ2v) is 3.12. The Labute approximate surface area is 91.9 Å². The summed E-state index contributed by atoms with van der Waals surface area (Å²) in [6.07, 6.45) is 4.92. The molecule has 0 fully saturated rings. The maximum absolute atomic E-state index is 11.1. The van der Waals surface area contributed by atoms with Crippen molar-refractivity contribution in [1.82, 2.24) is 19.7 Å². The van der Waals surface area contributed by atoms with Crippen LogP contribution >= 0.6 is 0 Å². The first-order chi connectivity index (χ1) is 7.79. The van der Waals surface area contributed by atoms with Crippen molar-refractivity contribution in [2.45, 2.75) is 6.54 Å². The van der Waals surface area contributed by atoms with Gasteiger partial charge in [0, 0.05) is 12.4 Å². The van der Waals surface area contributed by atoms with Gasteiger partial charge in [-0.2, -0.15) is 0 Å². The summed E-state index contributed by atoms with van der Waals surface area (Å²) >= 11 is 0. The quantitative estimate of drug-likeness (QED) is 0.702. The van der Waals surface area contributed by atoms with E-state index in [9.17, 15) is 4.79 Å². The Morgan fingerprint density at radius 2 is 2.44 bits per heavy atom. The van der Waals surface area contributed by atoms with Crippen LogP contribution in [0.25, 0.3) is 0 Å². The third-order valence-corrected chi connectivity index (χ3v) is 1.97. The van der Waals surface area contributed by atoms with Gasteiger partial charge in [-0.15, -0.1) is 5.10 Å². The van der Waals surface area contributed by atoms with Crippen LogP contribution in [0.5, 0.6) is 0 Å². The van der Waals surface area contributed by atoms with Gasteiger partial charge >= 0.3 is 5.97 Å². The Balaban J connectivity index is 2.12. The molecule has 0 atom stereocenters. The van der Waals surface area contributed by atoms with Crippen LogP contribution in [0, 0.1) is 0 Å². The number of hydrogen-bond acceptors (Lipinski definition) is 5. The van der Waals surface area contributed by atoms with E-state index in [2.05, 4.69) is 19.8 Å². The molecule has 0 aliphatic carbocycles. The highest BCUT2D eigenvalue weighted by atomic mass is 16.5. The number of rotatable bonds is 3. The maximum atomic E-state index is 11.1. The molecule has 0 aliphatic rings. The molecule has 2 rings (SSSR count). The molecule has 6 heteroatoms. The molecule has 2 aromatic heterocycles. The molecule has 6 nitrogen and oxygen atoms in total. The van der Waals surface area contributed by atoms with Crippen LogP contribution in [0.1, 0.15) is 16.2 Å². The van der Waals surface area contributed by atoms with E-state index < -0.39 is 5.97 Å². The number of methoxy groups -OCH3 is 1. The van der Waals surface area contributed by atoms with E-state index in [0.717, 1.165) is 5.56 Å². The first-order valence-corrected chi connectivity index (χ1v) is 4.66. The fourth-order valence-electron chi connectivity index (χ4n) is 1.23. The first-order valence-electron chi connectivity index (χ1n) is 4.66. The third kappa shape index (κ3) is 2.22. The summed E-state index contributed by atoms with van der Waals surface area (Å²) in [5.41, 5.74) is 0.990. The number of ether oxygens (including phenoxy) is 1. The molecule has 16 heavy (non-hydrogen) atoms. The normalized spacial score (nSPS) is 10.1. The zero-order chi connectivity index (χ0) is 11.4. The van der Waals surface area contributed by atoms with Gasteiger partial charge in [0.2, 0.25) is 0 Å². The molecule has 2 heterocycles. The zero-order valence-corrected chi connectivity index (χ0v) is 8.70. The zero-order valence-electron chi connectivity index (χ0n) is 8.70. The van der Waals surface area contributed by atoms with E-state index >= 15 is 0 Å². The Morgan fingerprint density at radius 3 is 3.12 bits per heavy atom. The summed E-state index contributed by atoms with van der Waals surface area (Å²) in [4.78, 5) is 18.9. The van der Waals surface area contributed by atoms with Crippen LogP contribution in [-0.4, -0.2) is 32.8 Å². The van der Waals surface area contributed by atoms with Gasteiger partial charge in [-0.25, -0.2) is 14.5 Å². The number of carbonyl (C=O) groups is 1. The van der Waals surface area contributed by atoms with E-state index in [-0.39, 0.29) is 5.82 Å². The smallest absolute Gasteiger partial charge is 0.377 e. The van der Waals surface area contributed by atoms with Crippen molar-refractivity contribution in [1.29, 1.82) is 0 Å². The van der Waals surface area contributed by atoms with Gasteiger partial charge in [0.15, 0.2) is 0 Å². The molecule has 2 aromatic rings. The van der Waals surface area contributed by atoms with Gasteiger partial charge in [-0.1, -0.05) is 6.07 Å². The van der Waals surface area contributed by atoms with Gasteiger partial charge in [-0.3, -0.25) is 4.98 Å². The van der Waals surface area contributed by atoms with Gasteiger partial charge < -0.3 is 4.74 Å². The second-order valence-electron chi connectivity index (χ2n) is 3.12. The molecule has 0 aromatic carbocycles. The molecule has 0 spiro atoms. The number of hydrogen-bond donors (Lipinski definition) is 0. The summed E-state index contributed by atoms with van der Waals surface area (Å²) in [6.45, 7) is 0.526. The number of carbonyl (C=O) groups excluding carboxylic acids is 1. The summed E-state index contributed by atoms with van der Waals surface area (Å²) in [7, 11) is 1.30. The molecule has 0 saturated heterocycles. The molecular formula is C10H10N4O2. The fraction of sp³-hybridized carbons (Fsp3) is 0.200. The Morgan fingerprint density at radius 1 is 1.56 bits per heavy atom. The highest BCUT2D eigenvalue weighted by molar-refractivity contribution is 5.84. The van der Waals surface area contributed by atoms with Crippen LogP contribution in [0.4, 0.5) is 0 Å². The minimum Gasteiger partial charge on any atom is -0.463 e. The molecule has 82 valence electrons. The SMILES string of the molecule is COC(=O)c1ncn(Cc2cccnc2)n1. The van der Waals surface area contributed by atoms with Crippen LogP contribution in [0.15, 0.2) is 30.9 Å². The molecule has 0 radical (unpaired) electrons. The van der Waals surface area contributed by atoms with Crippen molar-refractivity contribution in [3.8, 4) is 0 Å². The Kier molecular flexibility index (Phi) is 2.90. The highest BCUT2D eigenvalue weighted by Crippen LogP contribution is 2.00. The predicted molar refractivity (Wildman–Crippen MR) is 54.7 cm³/mol. The van der Waals surface area contributed by atoms with E-state index in [0.29, 0.717) is 6.54 Å². The predicted octanol–water partition coefficient (Wildman–Crippen LogP) is 0.508. The topological polar surface area (TPSA) is 69.9 Å². The lowest BCUT2D eigenvalue weighted by Gasteiger charge is -1.98. The molecule has 0 bridgehead atoms. The summed E-state index contributed by atoms with van der Waals surface area (Å²) in [6, 6.07) is 3.76. The third-order valence-electron chi connectivity index (χ3n) is 1.97. The van der Waals surface area contributed by atoms with Crippen LogP contribution in [0.3, 0.4) is 0 Å². The molecule has 0 aliphatic heterocycles. The van der Waals surface area contributed by atoms with Crippen molar-refractivity contribution >= 4 is 5.97 Å². The van der Waals surface area contributed by atoms with Crippen LogP contribution in [0.2, 0.25) is 0 Å². The van der Waals surface area contributed by atoms with E-state index in [4.69, 9.17) is 0 Å². The standard InChI is InChI=1S/C10H10N4O2/c1-16-10(15)9-12-7-14(13-9)6-8-3-2-4-11-5-8/h2-5,7H,6H2,1H3. The van der Waals surface area contributed by atoms with Gasteiger partial charge in [0.05, 0.1) is 13.7 Å². The largest absolute Gasteiger partial charge is 0.463 e. The van der Waals surface area contributed by atoms with E-state index in [1.165, 1.54) is 13.4 Å². The number of nitrogens with zero attached hydrogens (tertiary/aromatic N) is 4. The highest BCUT2D eigenvalue weighted by Gasteiger charge is 2.10. The summed E-state index contributed by atoms with van der Waals surface area (Å²) < 4.78 is 6.07. The van der Waals surface area contributed by atoms with E-state index in [1.807, 2.05) is 12.1 Å². The molecule has 0 unspecified atom stereocenters. The molecule has 0 saturated carbocycles. The summed E-state index contributed by atoms with van der Waals surface area (Å²) in [5, 5.41) is 3.98. The minimum atomic E-state index is -0.537. The average Bonchev–Trinajstić information content (AvgIpc) is 2.78. The number of pyridine rings is 1. The number of esters is 1. The first kappa shape index (κ1) is 10.3. The van der Waals surface area contributed by atoms with Crippen molar-refractivity contribution < 1.29 is 9.53 Å². The lowest BCUT2D eigenvalue weighted by molar-refractivity contribution is 0.0586. The molecule has 0 amide bonds. The molecular weight excluding hydrogens is 208 g/mol. The minimum absolute atomic E-state index is 0.0615. The maximum Gasteiger partial charge on any atom is 0.377 e. The monoisotopic (exact) mass is 218 g/mol. The van der Waals surface area contributed by atoms with Crippen molar-refractivity contribution in [3.63, 3.8) is 0 Å². The lowest BCUT2D eigenvalue weighted by atomic mass is 10.3. The average molecular weight is 218 g/mol. The molecule has 0 N–H and O–H groups in total. The second kappa shape index (κ2) is 4.52. The van der Waals surface area contributed by atoms with Crippen molar-refractivity contribution in [3.05, 3.63) is 42.2 Å². The van der Waals surface area contributed by atoms with Crippen LogP contribution < -0.4 is 0 Å². The van der Waals surface area contributed by atoms with Gasteiger partial charge in [-0.05, 0) is 11.6 Å². The van der Waals surface area contributed by atoms with Crippen molar-refractivity contribution in [2.24, 2.45) is 0 Å².